The summed E-state index contributed by atoms with van der Waals surface area (Å²) in [4.78, 5) is 31.2. The predicted octanol–water partition coefficient (Wildman–Crippen LogP) is 4.22. The molecule has 2 aromatic rings. The second kappa shape index (κ2) is 7.59. The van der Waals surface area contributed by atoms with Crippen molar-refractivity contribution >= 4 is 51.7 Å². The molecule has 0 aliphatic carbocycles. The Bertz CT molecular complexity index is 825. The average Bonchev–Trinajstić information content (AvgIpc) is 2.98. The van der Waals surface area contributed by atoms with E-state index in [0.29, 0.717) is 41.3 Å². The van der Waals surface area contributed by atoms with Gasteiger partial charge in [0.1, 0.15) is 0 Å². The van der Waals surface area contributed by atoms with Gasteiger partial charge in [-0.05, 0) is 25.1 Å². The molecule has 0 saturated carbocycles. The Hall–Kier alpha value is -1.83. The molecule has 25 heavy (non-hydrogen) atoms. The average molecular weight is 400 g/mol. The first kappa shape index (κ1) is 18.0. The molecule has 132 valence electrons. The number of fused-ring (bicyclic) bond motifs is 1. The van der Waals surface area contributed by atoms with Crippen LogP contribution in [-0.2, 0) is 17.7 Å². The summed E-state index contributed by atoms with van der Waals surface area (Å²) in [7, 11) is 0. The molecule has 1 aliphatic heterocycles. The van der Waals surface area contributed by atoms with E-state index in [0.717, 1.165) is 10.6 Å². The molecule has 1 aromatic carbocycles. The lowest BCUT2D eigenvalue weighted by Crippen LogP contribution is -2.35. The zero-order valence-corrected chi connectivity index (χ0v) is 15.7. The van der Waals surface area contributed by atoms with E-state index < -0.39 is 0 Å². The van der Waals surface area contributed by atoms with Crippen molar-refractivity contribution in [2.24, 2.45) is 0 Å². The normalized spacial score (nSPS) is 13.3. The van der Waals surface area contributed by atoms with Gasteiger partial charge >= 0.3 is 6.09 Å². The number of carbonyl (C=O) groups excluding carboxylic acids is 2. The van der Waals surface area contributed by atoms with Crippen LogP contribution in [0.4, 0.5) is 9.93 Å². The number of aromatic nitrogens is 1. The fraction of sp³-hybridized carbons (Fsp3) is 0.312. The van der Waals surface area contributed by atoms with Crippen LogP contribution < -0.4 is 5.32 Å². The third-order valence-corrected chi connectivity index (χ3v) is 5.21. The van der Waals surface area contributed by atoms with Gasteiger partial charge in [-0.15, -0.1) is 0 Å². The van der Waals surface area contributed by atoms with Crippen molar-refractivity contribution in [2.45, 2.75) is 19.9 Å². The molecule has 0 atom stereocenters. The van der Waals surface area contributed by atoms with E-state index in [1.165, 1.54) is 17.4 Å². The van der Waals surface area contributed by atoms with E-state index >= 15 is 0 Å². The molecule has 2 amide bonds. The second-order valence-corrected chi connectivity index (χ2v) is 7.26. The molecule has 6 nitrogen and oxygen atoms in total. The van der Waals surface area contributed by atoms with Crippen LogP contribution in [0.3, 0.4) is 0 Å². The van der Waals surface area contributed by atoms with Crippen LogP contribution in [0.15, 0.2) is 18.2 Å². The number of benzene rings is 1. The number of rotatable bonds is 3. The Morgan fingerprint density at radius 3 is 2.96 bits per heavy atom. The van der Waals surface area contributed by atoms with Gasteiger partial charge in [0.2, 0.25) is 0 Å². The highest BCUT2D eigenvalue weighted by molar-refractivity contribution is 7.15. The number of ether oxygens (including phenoxy) is 1. The minimum Gasteiger partial charge on any atom is -0.450 e. The summed E-state index contributed by atoms with van der Waals surface area (Å²) in [6, 6.07) is 4.70. The number of thiazole rings is 1. The van der Waals surface area contributed by atoms with E-state index in [4.69, 9.17) is 27.9 Å². The number of halogens is 2. The summed E-state index contributed by atoms with van der Waals surface area (Å²) >= 11 is 13.3. The highest BCUT2D eigenvalue weighted by Crippen LogP contribution is 2.29. The van der Waals surface area contributed by atoms with E-state index in [1.807, 2.05) is 0 Å². The van der Waals surface area contributed by atoms with Crippen LogP contribution in [0.5, 0.6) is 0 Å². The Kier molecular flexibility index (Phi) is 5.46. The van der Waals surface area contributed by atoms with Crippen molar-refractivity contribution in [3.8, 4) is 0 Å². The van der Waals surface area contributed by atoms with Crippen molar-refractivity contribution in [1.29, 1.82) is 0 Å². The Morgan fingerprint density at radius 2 is 2.20 bits per heavy atom. The molecule has 0 fully saturated rings. The maximum Gasteiger partial charge on any atom is 0.410 e. The Morgan fingerprint density at radius 1 is 1.40 bits per heavy atom. The van der Waals surface area contributed by atoms with E-state index in [2.05, 4.69) is 10.3 Å². The van der Waals surface area contributed by atoms with Gasteiger partial charge in [-0.25, -0.2) is 9.78 Å². The molecule has 9 heteroatoms. The first-order valence-electron chi connectivity index (χ1n) is 7.64. The van der Waals surface area contributed by atoms with Gasteiger partial charge < -0.3 is 9.64 Å². The maximum absolute atomic E-state index is 12.4. The lowest BCUT2D eigenvalue weighted by atomic mass is 10.2. The van der Waals surface area contributed by atoms with Crippen molar-refractivity contribution < 1.29 is 14.3 Å². The minimum atomic E-state index is -0.374. The quantitative estimate of drug-likeness (QED) is 0.838. The van der Waals surface area contributed by atoms with Gasteiger partial charge in [0, 0.05) is 22.9 Å². The second-order valence-electron chi connectivity index (χ2n) is 5.34. The molecule has 1 aromatic heterocycles. The highest BCUT2D eigenvalue weighted by Gasteiger charge is 2.25. The molecular formula is C16H15Cl2N3O3S. The molecule has 0 bridgehead atoms. The summed E-state index contributed by atoms with van der Waals surface area (Å²) in [5.74, 6) is -0.374. The van der Waals surface area contributed by atoms with Crippen molar-refractivity contribution in [3.05, 3.63) is 44.4 Å². The molecule has 0 saturated heterocycles. The maximum atomic E-state index is 12.4. The number of nitrogens with one attached hydrogen (secondary N) is 1. The van der Waals surface area contributed by atoms with Crippen molar-refractivity contribution in [3.63, 3.8) is 0 Å². The molecule has 0 radical (unpaired) electrons. The molecule has 1 N–H and O–H groups in total. The largest absolute Gasteiger partial charge is 0.450 e. The highest BCUT2D eigenvalue weighted by atomic mass is 35.5. The smallest absolute Gasteiger partial charge is 0.410 e. The number of anilines is 1. The van der Waals surface area contributed by atoms with Gasteiger partial charge in [-0.2, -0.15) is 0 Å². The van der Waals surface area contributed by atoms with Crippen LogP contribution in [-0.4, -0.2) is 35.0 Å². The minimum absolute atomic E-state index is 0.287. The Balaban J connectivity index is 1.73. The lowest BCUT2D eigenvalue weighted by molar-refractivity contribution is 0.102. The monoisotopic (exact) mass is 399 g/mol. The molecule has 3 rings (SSSR count). The number of carbonyl (C=O) groups is 2. The van der Waals surface area contributed by atoms with E-state index in [-0.39, 0.29) is 17.6 Å². The zero-order valence-electron chi connectivity index (χ0n) is 13.3. The standard InChI is InChI=1S/C16H15Cl2N3O3S/c1-2-24-16(23)21-6-5-12-13(8-21)25-15(19-12)20-14(22)10-7-9(17)3-4-11(10)18/h3-4,7H,2,5-6,8H2,1H3,(H,19,20,22). The van der Waals surface area contributed by atoms with E-state index in [9.17, 15) is 9.59 Å². The topological polar surface area (TPSA) is 71.5 Å². The van der Waals surface area contributed by atoms with Crippen LogP contribution in [0.2, 0.25) is 10.0 Å². The van der Waals surface area contributed by atoms with Crippen LogP contribution in [0, 0.1) is 0 Å². The molecular weight excluding hydrogens is 385 g/mol. The number of hydrogen-bond acceptors (Lipinski definition) is 5. The first-order valence-corrected chi connectivity index (χ1v) is 9.22. The third kappa shape index (κ3) is 4.05. The zero-order chi connectivity index (χ0) is 18.0. The molecule has 1 aliphatic rings. The van der Waals surface area contributed by atoms with Gasteiger partial charge in [-0.1, -0.05) is 34.5 Å². The summed E-state index contributed by atoms with van der Waals surface area (Å²) in [5, 5.41) is 3.96. The lowest BCUT2D eigenvalue weighted by Gasteiger charge is -2.24. The third-order valence-electron chi connectivity index (χ3n) is 3.65. The van der Waals surface area contributed by atoms with Crippen LogP contribution in [0.1, 0.15) is 27.9 Å². The number of amides is 2. The SMILES string of the molecule is CCOC(=O)N1CCc2nc(NC(=O)c3cc(Cl)ccc3Cl)sc2C1. The van der Waals surface area contributed by atoms with Crippen molar-refractivity contribution in [1.82, 2.24) is 9.88 Å². The van der Waals surface area contributed by atoms with Gasteiger partial charge in [0.05, 0.1) is 29.4 Å². The van der Waals surface area contributed by atoms with Gasteiger partial charge in [0.25, 0.3) is 5.91 Å². The fourth-order valence-corrected chi connectivity index (χ4v) is 3.85. The summed E-state index contributed by atoms with van der Waals surface area (Å²) in [6.07, 6.45) is 0.288. The van der Waals surface area contributed by atoms with E-state index in [1.54, 1.807) is 24.0 Å². The summed E-state index contributed by atoms with van der Waals surface area (Å²) in [6.45, 7) is 3.09. The number of hydrogen-bond donors (Lipinski definition) is 1. The van der Waals surface area contributed by atoms with Crippen LogP contribution in [0.25, 0.3) is 0 Å². The fourth-order valence-electron chi connectivity index (χ4n) is 2.46. The van der Waals surface area contributed by atoms with Gasteiger partial charge in [0.15, 0.2) is 5.13 Å². The summed E-state index contributed by atoms with van der Waals surface area (Å²) < 4.78 is 5.02. The summed E-state index contributed by atoms with van der Waals surface area (Å²) in [5.41, 5.74) is 1.17. The van der Waals surface area contributed by atoms with Gasteiger partial charge in [-0.3, -0.25) is 10.1 Å². The first-order chi connectivity index (χ1) is 12.0. The molecule has 2 heterocycles. The van der Waals surface area contributed by atoms with Crippen molar-refractivity contribution in [2.75, 3.05) is 18.5 Å². The van der Waals surface area contributed by atoms with Crippen LogP contribution >= 0.6 is 34.5 Å². The Labute approximate surface area is 158 Å². The number of nitrogens with zero attached hydrogens (tertiary/aromatic N) is 2. The molecule has 0 spiro atoms. The predicted molar refractivity (Wildman–Crippen MR) is 97.7 cm³/mol. The molecule has 0 unspecified atom stereocenters.